The summed E-state index contributed by atoms with van der Waals surface area (Å²) in [6, 6.07) is 5.82. The number of aromatic nitrogens is 3. The van der Waals surface area contributed by atoms with Gasteiger partial charge in [0, 0.05) is 58.5 Å². The molecular weight excluding hydrogens is 538 g/mol. The van der Waals surface area contributed by atoms with Crippen LogP contribution in [0.25, 0.3) is 5.65 Å². The van der Waals surface area contributed by atoms with Crippen molar-refractivity contribution in [3.63, 3.8) is 0 Å². The number of pyridine rings is 2. The van der Waals surface area contributed by atoms with E-state index in [9.17, 15) is 19.2 Å². The summed E-state index contributed by atoms with van der Waals surface area (Å²) in [6.45, 7) is 1.97. The zero-order valence-corrected chi connectivity index (χ0v) is 23.8. The lowest BCUT2D eigenvalue weighted by Gasteiger charge is -2.25. The SMILES string of the molecule is CN(C)C(=O)c1ccc(C(=O)NC(=NC2CCCCN(CC(=O)N3CCCC3)C2=O)Nc2ccc3nccn3c2)cn1. The first-order chi connectivity index (χ1) is 20.3. The molecule has 0 aliphatic carbocycles. The van der Waals surface area contributed by atoms with Crippen LogP contribution in [0.1, 0.15) is 53.0 Å². The molecule has 5 heterocycles. The van der Waals surface area contributed by atoms with Crippen molar-refractivity contribution in [1.29, 1.82) is 0 Å². The Kier molecular flexibility index (Phi) is 8.74. The normalized spacial score (nSPS) is 17.7. The summed E-state index contributed by atoms with van der Waals surface area (Å²) in [5.41, 5.74) is 1.80. The van der Waals surface area contributed by atoms with Gasteiger partial charge < -0.3 is 24.4 Å². The van der Waals surface area contributed by atoms with Gasteiger partial charge >= 0.3 is 0 Å². The van der Waals surface area contributed by atoms with Crippen LogP contribution < -0.4 is 10.6 Å². The average molecular weight is 574 g/mol. The van der Waals surface area contributed by atoms with E-state index in [1.807, 2.05) is 10.5 Å². The van der Waals surface area contributed by atoms with Gasteiger partial charge in [-0.15, -0.1) is 0 Å². The molecule has 0 spiro atoms. The first kappa shape index (κ1) is 28.7. The van der Waals surface area contributed by atoms with Crippen molar-refractivity contribution in [3.8, 4) is 0 Å². The zero-order valence-electron chi connectivity index (χ0n) is 23.8. The second-order valence-corrected chi connectivity index (χ2v) is 10.7. The highest BCUT2D eigenvalue weighted by atomic mass is 16.2. The third kappa shape index (κ3) is 6.73. The molecule has 2 aliphatic rings. The fourth-order valence-corrected chi connectivity index (χ4v) is 5.04. The number of rotatable bonds is 6. The number of fused-ring (bicyclic) bond motifs is 1. The first-order valence-corrected chi connectivity index (χ1v) is 14.1. The molecule has 0 bridgehead atoms. The molecule has 13 nitrogen and oxygen atoms in total. The lowest BCUT2D eigenvalue weighted by Crippen LogP contribution is -2.45. The van der Waals surface area contributed by atoms with Gasteiger partial charge in [-0.25, -0.2) is 9.98 Å². The maximum absolute atomic E-state index is 13.6. The van der Waals surface area contributed by atoms with Gasteiger partial charge in [-0.1, -0.05) is 0 Å². The van der Waals surface area contributed by atoms with Gasteiger partial charge in [0.2, 0.25) is 17.8 Å². The van der Waals surface area contributed by atoms with E-state index in [0.717, 1.165) is 44.4 Å². The molecule has 5 rings (SSSR count). The van der Waals surface area contributed by atoms with E-state index in [-0.39, 0.29) is 41.5 Å². The Labute approximate surface area is 243 Å². The number of hydrogen-bond donors (Lipinski definition) is 2. The van der Waals surface area contributed by atoms with Crippen LogP contribution in [0.5, 0.6) is 0 Å². The summed E-state index contributed by atoms with van der Waals surface area (Å²) in [5.74, 6) is -0.996. The fraction of sp³-hybridized carbons (Fsp3) is 0.414. The van der Waals surface area contributed by atoms with Crippen molar-refractivity contribution >= 4 is 40.9 Å². The fourth-order valence-electron chi connectivity index (χ4n) is 5.04. The van der Waals surface area contributed by atoms with Crippen LogP contribution >= 0.6 is 0 Å². The Bertz CT molecular complexity index is 1490. The lowest BCUT2D eigenvalue weighted by molar-refractivity contribution is -0.140. The van der Waals surface area contributed by atoms with Crippen molar-refractivity contribution in [2.75, 3.05) is 45.6 Å². The van der Waals surface area contributed by atoms with Crippen LogP contribution in [0.3, 0.4) is 0 Å². The predicted molar refractivity (Wildman–Crippen MR) is 156 cm³/mol. The van der Waals surface area contributed by atoms with E-state index < -0.39 is 11.9 Å². The molecule has 42 heavy (non-hydrogen) atoms. The van der Waals surface area contributed by atoms with E-state index in [1.165, 1.54) is 23.2 Å². The van der Waals surface area contributed by atoms with Gasteiger partial charge in [0.1, 0.15) is 17.4 Å². The van der Waals surface area contributed by atoms with Crippen LogP contribution in [0.2, 0.25) is 0 Å². The molecule has 3 aromatic heterocycles. The van der Waals surface area contributed by atoms with Crippen molar-refractivity contribution in [2.45, 2.75) is 38.1 Å². The third-order valence-electron chi connectivity index (χ3n) is 7.36. The minimum Gasteiger partial charge on any atom is -0.343 e. The highest BCUT2D eigenvalue weighted by molar-refractivity contribution is 6.10. The molecule has 2 fully saturated rings. The summed E-state index contributed by atoms with van der Waals surface area (Å²) < 4.78 is 1.81. The number of hydrogen-bond acceptors (Lipinski definition) is 7. The number of aliphatic imine (C=N–C) groups is 1. The molecule has 1 unspecified atom stereocenters. The molecule has 0 aromatic carbocycles. The Balaban J connectivity index is 1.38. The van der Waals surface area contributed by atoms with Crippen LogP contribution in [0.15, 0.2) is 54.0 Å². The van der Waals surface area contributed by atoms with Crippen LogP contribution in [0, 0.1) is 0 Å². The molecule has 0 saturated carbocycles. The van der Waals surface area contributed by atoms with Crippen LogP contribution in [-0.4, -0.2) is 105 Å². The van der Waals surface area contributed by atoms with Crippen LogP contribution in [0.4, 0.5) is 5.69 Å². The van der Waals surface area contributed by atoms with E-state index >= 15 is 0 Å². The second kappa shape index (κ2) is 12.8. The van der Waals surface area contributed by atoms with Crippen LogP contribution in [-0.2, 0) is 9.59 Å². The number of nitrogens with one attached hydrogen (secondary N) is 2. The highest BCUT2D eigenvalue weighted by Gasteiger charge is 2.30. The Morgan fingerprint density at radius 1 is 1.02 bits per heavy atom. The molecular formula is C29H35N9O4. The van der Waals surface area contributed by atoms with Gasteiger partial charge in [-0.2, -0.15) is 0 Å². The topological polar surface area (TPSA) is 145 Å². The number of amides is 4. The summed E-state index contributed by atoms with van der Waals surface area (Å²) in [6.07, 6.45) is 10.6. The second-order valence-electron chi connectivity index (χ2n) is 10.7. The third-order valence-corrected chi connectivity index (χ3v) is 7.36. The maximum atomic E-state index is 13.6. The van der Waals surface area contributed by atoms with Crippen molar-refractivity contribution in [3.05, 3.63) is 60.3 Å². The Morgan fingerprint density at radius 2 is 1.81 bits per heavy atom. The number of anilines is 1. The number of guanidine groups is 1. The molecule has 220 valence electrons. The molecule has 2 N–H and O–H groups in total. The molecule has 0 radical (unpaired) electrons. The number of imidazole rings is 1. The van der Waals surface area contributed by atoms with E-state index in [4.69, 9.17) is 0 Å². The summed E-state index contributed by atoms with van der Waals surface area (Å²) >= 11 is 0. The predicted octanol–water partition coefficient (Wildman–Crippen LogP) is 1.63. The average Bonchev–Trinajstić information content (AvgIpc) is 3.67. The summed E-state index contributed by atoms with van der Waals surface area (Å²) in [5, 5.41) is 5.91. The molecule has 4 amide bonds. The van der Waals surface area contributed by atoms with Gasteiger partial charge in [0.05, 0.1) is 17.8 Å². The largest absolute Gasteiger partial charge is 0.343 e. The van der Waals surface area contributed by atoms with Crippen molar-refractivity contribution in [2.24, 2.45) is 4.99 Å². The molecule has 13 heteroatoms. The van der Waals surface area contributed by atoms with E-state index in [1.54, 1.807) is 48.6 Å². The van der Waals surface area contributed by atoms with Crippen molar-refractivity contribution < 1.29 is 19.2 Å². The first-order valence-electron chi connectivity index (χ1n) is 14.1. The number of likely N-dealkylation sites (tertiary alicyclic amines) is 2. The standard InChI is InChI=1S/C29H35N9O4/c1-35(2)27(41)22-10-8-20(17-31-22)26(40)34-29(32-21-9-11-24-30-12-16-37(24)18-21)33-23-7-3-4-15-38(28(23)42)19-25(39)36-13-5-6-14-36/h8-12,16-18,23H,3-7,13-15,19H2,1-2H3,(H2,32,33,34,40). The van der Waals surface area contributed by atoms with E-state index in [2.05, 4.69) is 25.6 Å². The van der Waals surface area contributed by atoms with E-state index in [0.29, 0.717) is 18.7 Å². The molecule has 2 saturated heterocycles. The van der Waals surface area contributed by atoms with Gasteiger partial charge in [0.15, 0.2) is 0 Å². The van der Waals surface area contributed by atoms with Gasteiger partial charge in [0.25, 0.3) is 11.8 Å². The molecule has 1 atom stereocenters. The number of carbonyl (C=O) groups excluding carboxylic acids is 4. The monoisotopic (exact) mass is 573 g/mol. The quantitative estimate of drug-likeness (QED) is 0.337. The minimum atomic E-state index is -0.781. The number of carbonyl (C=O) groups is 4. The smallest absolute Gasteiger partial charge is 0.271 e. The summed E-state index contributed by atoms with van der Waals surface area (Å²) in [4.78, 5) is 69.7. The highest BCUT2D eigenvalue weighted by Crippen LogP contribution is 2.18. The maximum Gasteiger partial charge on any atom is 0.271 e. The molecule has 3 aromatic rings. The lowest BCUT2D eigenvalue weighted by atomic mass is 10.1. The zero-order chi connectivity index (χ0) is 29.6. The minimum absolute atomic E-state index is 0.0287. The van der Waals surface area contributed by atoms with Gasteiger partial charge in [-0.3, -0.25) is 29.5 Å². The Hall–Kier alpha value is -4.81. The Morgan fingerprint density at radius 3 is 2.55 bits per heavy atom. The van der Waals surface area contributed by atoms with Gasteiger partial charge in [-0.05, 0) is 56.4 Å². The summed E-state index contributed by atoms with van der Waals surface area (Å²) in [7, 11) is 3.25. The number of nitrogens with zero attached hydrogens (tertiary/aromatic N) is 7. The molecule has 2 aliphatic heterocycles. The van der Waals surface area contributed by atoms with Crippen molar-refractivity contribution in [1.82, 2.24) is 34.4 Å².